The molecule has 0 heterocycles. The second kappa shape index (κ2) is 3.87. The lowest BCUT2D eigenvalue weighted by Crippen LogP contribution is -2.11. The molecule has 0 bridgehead atoms. The molecule has 1 atom stereocenters. The van der Waals surface area contributed by atoms with Crippen LogP contribution in [0, 0.1) is 0 Å². The van der Waals surface area contributed by atoms with Gasteiger partial charge in [-0.25, -0.2) is 4.39 Å². The molecule has 0 saturated carbocycles. The highest BCUT2D eigenvalue weighted by Gasteiger charge is 2.19. The first kappa shape index (κ1) is 11.5. The maximum absolute atomic E-state index is 13.5. The summed E-state index contributed by atoms with van der Waals surface area (Å²) in [5.74, 6) is 0. The average Bonchev–Trinajstić information content (AvgIpc) is 2.01. The minimum atomic E-state index is -1.36. The summed E-state index contributed by atoms with van der Waals surface area (Å²) in [4.78, 5) is 0. The molecular weight excluding hydrogens is 201 g/mol. The van der Waals surface area contributed by atoms with E-state index in [0.717, 1.165) is 5.56 Å². The molecule has 1 aromatic rings. The molecule has 0 radical (unpaired) electrons. The predicted molar refractivity (Wildman–Crippen MR) is 58.2 cm³/mol. The van der Waals surface area contributed by atoms with Crippen molar-refractivity contribution < 1.29 is 4.39 Å². The number of benzene rings is 1. The van der Waals surface area contributed by atoms with Crippen molar-refractivity contribution in [1.82, 2.24) is 0 Å². The molecule has 1 nitrogen and oxygen atoms in total. The van der Waals surface area contributed by atoms with Crippen LogP contribution in [0.25, 0.3) is 0 Å². The first-order valence-corrected chi connectivity index (χ1v) is 4.94. The van der Waals surface area contributed by atoms with Crippen LogP contribution < -0.4 is 5.73 Å². The zero-order valence-corrected chi connectivity index (χ0v) is 9.40. The third-order valence-corrected chi connectivity index (χ3v) is 2.50. The summed E-state index contributed by atoms with van der Waals surface area (Å²) < 4.78 is 13.5. The highest BCUT2D eigenvalue weighted by Crippen LogP contribution is 2.30. The molecule has 78 valence electrons. The Balaban J connectivity index is 3.13. The van der Waals surface area contributed by atoms with Crippen molar-refractivity contribution in [1.29, 1.82) is 0 Å². The topological polar surface area (TPSA) is 26.0 Å². The van der Waals surface area contributed by atoms with Gasteiger partial charge in [-0.05, 0) is 38.0 Å². The van der Waals surface area contributed by atoms with Gasteiger partial charge in [-0.3, -0.25) is 0 Å². The summed E-state index contributed by atoms with van der Waals surface area (Å²) >= 11 is 5.98. The Kier molecular flexibility index (Phi) is 3.17. The van der Waals surface area contributed by atoms with Gasteiger partial charge >= 0.3 is 0 Å². The van der Waals surface area contributed by atoms with Crippen molar-refractivity contribution in [2.24, 2.45) is 5.73 Å². The summed E-state index contributed by atoms with van der Waals surface area (Å²) in [6.07, 6.45) is 0. The Labute approximate surface area is 89.1 Å². The lowest BCUT2D eigenvalue weighted by Gasteiger charge is -2.17. The standard InChI is InChI=1S/C11H15ClFN/c1-7(14)9-5-4-8(6-10(9)12)11(2,3)13/h4-7H,14H2,1-3H3. The summed E-state index contributed by atoms with van der Waals surface area (Å²) in [7, 11) is 0. The van der Waals surface area contributed by atoms with E-state index in [1.54, 1.807) is 18.2 Å². The van der Waals surface area contributed by atoms with Gasteiger partial charge in [-0.15, -0.1) is 0 Å². The highest BCUT2D eigenvalue weighted by atomic mass is 35.5. The fourth-order valence-electron chi connectivity index (χ4n) is 1.27. The molecule has 0 aliphatic carbocycles. The third-order valence-electron chi connectivity index (χ3n) is 2.18. The number of hydrogen-bond acceptors (Lipinski definition) is 1. The quantitative estimate of drug-likeness (QED) is 0.802. The van der Waals surface area contributed by atoms with Crippen molar-refractivity contribution in [3.63, 3.8) is 0 Å². The Hall–Kier alpha value is -0.600. The first-order valence-electron chi connectivity index (χ1n) is 4.57. The molecule has 0 saturated heterocycles. The van der Waals surface area contributed by atoms with Crippen molar-refractivity contribution in [3.05, 3.63) is 34.3 Å². The molecule has 0 fully saturated rings. The molecule has 0 aromatic heterocycles. The van der Waals surface area contributed by atoms with Gasteiger partial charge in [0.15, 0.2) is 0 Å². The zero-order chi connectivity index (χ0) is 10.9. The van der Waals surface area contributed by atoms with Gasteiger partial charge < -0.3 is 5.73 Å². The average molecular weight is 216 g/mol. The zero-order valence-electron chi connectivity index (χ0n) is 8.64. The molecule has 3 heteroatoms. The van der Waals surface area contributed by atoms with Gasteiger partial charge in [0.25, 0.3) is 0 Å². The third kappa shape index (κ3) is 2.46. The van der Waals surface area contributed by atoms with Crippen LogP contribution >= 0.6 is 11.6 Å². The van der Waals surface area contributed by atoms with Crippen LogP contribution in [0.2, 0.25) is 5.02 Å². The Morgan fingerprint density at radius 3 is 2.36 bits per heavy atom. The van der Waals surface area contributed by atoms with Crippen LogP contribution in [0.3, 0.4) is 0 Å². The molecule has 1 unspecified atom stereocenters. The van der Waals surface area contributed by atoms with Crippen LogP contribution in [0.5, 0.6) is 0 Å². The van der Waals surface area contributed by atoms with Crippen molar-refractivity contribution in [2.75, 3.05) is 0 Å². The smallest absolute Gasteiger partial charge is 0.130 e. The van der Waals surface area contributed by atoms with E-state index >= 15 is 0 Å². The van der Waals surface area contributed by atoms with Crippen LogP contribution in [0.1, 0.15) is 37.9 Å². The molecule has 1 aromatic carbocycles. The largest absolute Gasteiger partial charge is 0.324 e. The number of nitrogens with two attached hydrogens (primary N) is 1. The maximum Gasteiger partial charge on any atom is 0.130 e. The summed E-state index contributed by atoms with van der Waals surface area (Å²) in [6.45, 7) is 4.86. The monoisotopic (exact) mass is 215 g/mol. The molecule has 1 rings (SSSR count). The molecule has 0 amide bonds. The van der Waals surface area contributed by atoms with E-state index in [2.05, 4.69) is 0 Å². The molecule has 14 heavy (non-hydrogen) atoms. The fourth-order valence-corrected chi connectivity index (χ4v) is 1.62. The molecule has 0 spiro atoms. The predicted octanol–water partition coefficient (Wildman–Crippen LogP) is 3.56. The van der Waals surface area contributed by atoms with E-state index < -0.39 is 5.67 Å². The molecule has 0 aliphatic heterocycles. The van der Waals surface area contributed by atoms with Crippen LogP contribution in [0.15, 0.2) is 18.2 Å². The van der Waals surface area contributed by atoms with E-state index in [0.29, 0.717) is 10.6 Å². The number of alkyl halides is 1. The van der Waals surface area contributed by atoms with Gasteiger partial charge in [0.05, 0.1) is 0 Å². The van der Waals surface area contributed by atoms with Gasteiger partial charge in [-0.1, -0.05) is 23.7 Å². The van der Waals surface area contributed by atoms with Crippen LogP contribution in [-0.2, 0) is 5.67 Å². The minimum absolute atomic E-state index is 0.126. The normalized spacial score (nSPS) is 14.1. The summed E-state index contributed by atoms with van der Waals surface area (Å²) in [5.41, 5.74) is 5.76. The SMILES string of the molecule is CC(N)c1ccc(C(C)(C)F)cc1Cl. The summed E-state index contributed by atoms with van der Waals surface area (Å²) in [6, 6.07) is 5.02. The van der Waals surface area contributed by atoms with Crippen molar-refractivity contribution in [3.8, 4) is 0 Å². The second-order valence-electron chi connectivity index (χ2n) is 4.00. The van der Waals surface area contributed by atoms with E-state index in [-0.39, 0.29) is 6.04 Å². The second-order valence-corrected chi connectivity index (χ2v) is 4.40. The molecule has 0 aliphatic rings. The van der Waals surface area contributed by atoms with E-state index in [1.165, 1.54) is 13.8 Å². The highest BCUT2D eigenvalue weighted by molar-refractivity contribution is 6.31. The van der Waals surface area contributed by atoms with E-state index in [1.807, 2.05) is 6.92 Å². The maximum atomic E-state index is 13.5. The number of hydrogen-bond donors (Lipinski definition) is 1. The first-order chi connectivity index (χ1) is 6.32. The van der Waals surface area contributed by atoms with E-state index in [9.17, 15) is 4.39 Å². The van der Waals surface area contributed by atoms with Gasteiger partial charge in [0.1, 0.15) is 5.67 Å². The van der Waals surface area contributed by atoms with Gasteiger partial charge in [-0.2, -0.15) is 0 Å². The fraction of sp³-hybridized carbons (Fsp3) is 0.455. The Morgan fingerprint density at radius 1 is 1.43 bits per heavy atom. The summed E-state index contributed by atoms with van der Waals surface area (Å²) in [5, 5.41) is 0.531. The van der Waals surface area contributed by atoms with E-state index in [4.69, 9.17) is 17.3 Å². The van der Waals surface area contributed by atoms with Gasteiger partial charge in [0, 0.05) is 11.1 Å². The van der Waals surface area contributed by atoms with Crippen molar-refractivity contribution >= 4 is 11.6 Å². The number of halogens is 2. The molecule has 2 N–H and O–H groups in total. The Morgan fingerprint density at radius 2 is 2.00 bits per heavy atom. The minimum Gasteiger partial charge on any atom is -0.324 e. The van der Waals surface area contributed by atoms with Crippen molar-refractivity contribution in [2.45, 2.75) is 32.5 Å². The van der Waals surface area contributed by atoms with Crippen LogP contribution in [0.4, 0.5) is 4.39 Å². The number of rotatable bonds is 2. The van der Waals surface area contributed by atoms with Gasteiger partial charge in [0.2, 0.25) is 0 Å². The lowest BCUT2D eigenvalue weighted by molar-refractivity contribution is 0.221. The van der Waals surface area contributed by atoms with Crippen LogP contribution in [-0.4, -0.2) is 0 Å². The molecular formula is C11H15ClFN. The lowest BCUT2D eigenvalue weighted by atomic mass is 9.97. The Bertz CT molecular complexity index is 329.